The van der Waals surface area contributed by atoms with Crippen molar-refractivity contribution in [2.45, 2.75) is 19.9 Å². The zero-order valence-electron chi connectivity index (χ0n) is 11.8. The number of aromatic nitrogens is 1. The van der Waals surface area contributed by atoms with Gasteiger partial charge in [0.2, 0.25) is 0 Å². The SMILES string of the molecule is CC/C(=N/O)c1cn(CCN(C)C)c2ccccc12. The van der Waals surface area contributed by atoms with Crippen molar-refractivity contribution in [3.63, 3.8) is 0 Å². The molecule has 0 saturated heterocycles. The Kier molecular flexibility index (Phi) is 4.22. The molecule has 0 aliphatic rings. The monoisotopic (exact) mass is 259 g/mol. The van der Waals surface area contributed by atoms with E-state index in [0.717, 1.165) is 36.2 Å². The normalized spacial score (nSPS) is 12.5. The predicted octanol–water partition coefficient (Wildman–Crippen LogP) is 2.79. The summed E-state index contributed by atoms with van der Waals surface area (Å²) in [4.78, 5) is 2.16. The smallest absolute Gasteiger partial charge is 0.0886 e. The van der Waals surface area contributed by atoms with Crippen LogP contribution in [0.15, 0.2) is 35.6 Å². The molecule has 0 unspecified atom stereocenters. The Morgan fingerprint density at radius 2 is 2.05 bits per heavy atom. The van der Waals surface area contributed by atoms with Crippen LogP contribution >= 0.6 is 0 Å². The van der Waals surface area contributed by atoms with Crippen LogP contribution in [0.25, 0.3) is 10.9 Å². The number of rotatable bonds is 5. The maximum Gasteiger partial charge on any atom is 0.0886 e. The lowest BCUT2D eigenvalue weighted by Gasteiger charge is -2.10. The van der Waals surface area contributed by atoms with Crippen molar-refractivity contribution in [3.8, 4) is 0 Å². The largest absolute Gasteiger partial charge is 0.411 e. The van der Waals surface area contributed by atoms with Gasteiger partial charge in [-0.2, -0.15) is 0 Å². The van der Waals surface area contributed by atoms with Crippen LogP contribution in [0.1, 0.15) is 18.9 Å². The molecule has 1 heterocycles. The van der Waals surface area contributed by atoms with Gasteiger partial charge in [-0.3, -0.25) is 0 Å². The molecule has 0 aliphatic heterocycles. The molecule has 0 spiro atoms. The van der Waals surface area contributed by atoms with Crippen LogP contribution in [-0.2, 0) is 6.54 Å². The third-order valence-electron chi connectivity index (χ3n) is 3.34. The molecule has 0 atom stereocenters. The summed E-state index contributed by atoms with van der Waals surface area (Å²) in [5.74, 6) is 0. The van der Waals surface area contributed by atoms with Crippen LogP contribution in [0.2, 0.25) is 0 Å². The van der Waals surface area contributed by atoms with Crippen LogP contribution in [0, 0.1) is 0 Å². The first-order valence-corrected chi connectivity index (χ1v) is 6.61. The minimum atomic E-state index is 0.720. The number of likely N-dealkylation sites (N-methyl/N-ethyl adjacent to an activating group) is 1. The van der Waals surface area contributed by atoms with E-state index in [1.165, 1.54) is 5.52 Å². The van der Waals surface area contributed by atoms with Gasteiger partial charge in [-0.1, -0.05) is 30.3 Å². The van der Waals surface area contributed by atoms with Crippen LogP contribution in [0.5, 0.6) is 0 Å². The van der Waals surface area contributed by atoms with Crippen molar-refractivity contribution < 1.29 is 5.21 Å². The van der Waals surface area contributed by atoms with Gasteiger partial charge in [0.15, 0.2) is 0 Å². The lowest BCUT2D eigenvalue weighted by Crippen LogP contribution is -2.17. The fourth-order valence-corrected chi connectivity index (χ4v) is 2.28. The molecule has 19 heavy (non-hydrogen) atoms. The second kappa shape index (κ2) is 5.89. The third kappa shape index (κ3) is 2.79. The van der Waals surface area contributed by atoms with E-state index in [1.807, 2.05) is 19.1 Å². The van der Waals surface area contributed by atoms with Gasteiger partial charge < -0.3 is 14.7 Å². The molecule has 0 fully saturated rings. The minimum absolute atomic E-state index is 0.720. The number of para-hydroxylation sites is 1. The van der Waals surface area contributed by atoms with E-state index in [-0.39, 0.29) is 0 Å². The first-order valence-electron chi connectivity index (χ1n) is 6.61. The highest BCUT2D eigenvalue weighted by Gasteiger charge is 2.12. The first kappa shape index (κ1) is 13.6. The summed E-state index contributed by atoms with van der Waals surface area (Å²) in [5.41, 5.74) is 2.95. The van der Waals surface area contributed by atoms with E-state index in [2.05, 4.69) is 47.0 Å². The summed E-state index contributed by atoms with van der Waals surface area (Å²) in [6, 6.07) is 8.25. The molecule has 0 radical (unpaired) electrons. The second-order valence-corrected chi connectivity index (χ2v) is 4.96. The molecule has 1 N–H and O–H groups in total. The number of hydrogen-bond acceptors (Lipinski definition) is 3. The van der Waals surface area contributed by atoms with Crippen molar-refractivity contribution in [3.05, 3.63) is 36.0 Å². The topological polar surface area (TPSA) is 40.8 Å². The number of benzene rings is 1. The summed E-state index contributed by atoms with van der Waals surface area (Å²) in [5, 5.41) is 13.7. The Balaban J connectivity index is 2.48. The zero-order valence-corrected chi connectivity index (χ0v) is 11.8. The number of nitrogens with zero attached hydrogens (tertiary/aromatic N) is 3. The van der Waals surface area contributed by atoms with Crippen LogP contribution < -0.4 is 0 Å². The van der Waals surface area contributed by atoms with Gasteiger partial charge in [0.05, 0.1) is 5.71 Å². The van der Waals surface area contributed by atoms with E-state index >= 15 is 0 Å². The molecule has 102 valence electrons. The van der Waals surface area contributed by atoms with E-state index in [9.17, 15) is 0 Å². The summed E-state index contributed by atoms with van der Waals surface area (Å²) >= 11 is 0. The van der Waals surface area contributed by atoms with Gasteiger partial charge in [-0.05, 0) is 26.6 Å². The van der Waals surface area contributed by atoms with Crippen molar-refractivity contribution >= 4 is 16.6 Å². The van der Waals surface area contributed by atoms with Gasteiger partial charge in [-0.25, -0.2) is 0 Å². The lowest BCUT2D eigenvalue weighted by atomic mass is 10.1. The van der Waals surface area contributed by atoms with Crippen molar-refractivity contribution in [2.75, 3.05) is 20.6 Å². The van der Waals surface area contributed by atoms with Crippen molar-refractivity contribution in [1.29, 1.82) is 0 Å². The maximum absolute atomic E-state index is 9.14. The standard InChI is InChI=1S/C15H21N3O/c1-4-14(16-19)13-11-18(10-9-17(2)3)15-8-6-5-7-12(13)15/h5-8,11,19H,4,9-10H2,1-3H3/b16-14-. The fourth-order valence-electron chi connectivity index (χ4n) is 2.28. The Hall–Kier alpha value is -1.81. The van der Waals surface area contributed by atoms with Crippen molar-refractivity contribution in [2.24, 2.45) is 5.16 Å². The lowest BCUT2D eigenvalue weighted by molar-refractivity contribution is 0.318. The molecule has 0 aliphatic carbocycles. The van der Waals surface area contributed by atoms with E-state index < -0.39 is 0 Å². The molecule has 2 rings (SSSR count). The molecule has 4 nitrogen and oxygen atoms in total. The molecule has 1 aromatic carbocycles. The van der Waals surface area contributed by atoms with E-state index in [4.69, 9.17) is 5.21 Å². The molecule has 0 bridgehead atoms. The average molecular weight is 259 g/mol. The van der Waals surface area contributed by atoms with E-state index in [1.54, 1.807) is 0 Å². The van der Waals surface area contributed by atoms with Crippen LogP contribution in [0.3, 0.4) is 0 Å². The Labute approximate surface area is 113 Å². The number of hydrogen-bond donors (Lipinski definition) is 1. The average Bonchev–Trinajstić information content (AvgIpc) is 2.77. The number of oxime groups is 1. The fraction of sp³-hybridized carbons (Fsp3) is 0.400. The van der Waals surface area contributed by atoms with Gasteiger partial charge in [-0.15, -0.1) is 0 Å². The Morgan fingerprint density at radius 3 is 2.68 bits per heavy atom. The molecular formula is C15H21N3O. The minimum Gasteiger partial charge on any atom is -0.411 e. The summed E-state index contributed by atoms with van der Waals surface area (Å²) in [6.07, 6.45) is 2.81. The summed E-state index contributed by atoms with van der Waals surface area (Å²) < 4.78 is 2.23. The quantitative estimate of drug-likeness (QED) is 0.509. The highest BCUT2D eigenvalue weighted by Crippen LogP contribution is 2.23. The first-order chi connectivity index (χ1) is 9.17. The van der Waals surface area contributed by atoms with Crippen LogP contribution in [-0.4, -0.2) is 41.0 Å². The third-order valence-corrected chi connectivity index (χ3v) is 3.34. The molecule has 0 saturated carbocycles. The van der Waals surface area contributed by atoms with Gasteiger partial charge in [0.25, 0.3) is 0 Å². The highest BCUT2D eigenvalue weighted by molar-refractivity contribution is 6.10. The van der Waals surface area contributed by atoms with Crippen molar-refractivity contribution in [1.82, 2.24) is 9.47 Å². The Morgan fingerprint density at radius 1 is 1.32 bits per heavy atom. The van der Waals surface area contributed by atoms with Gasteiger partial charge in [0, 0.05) is 35.8 Å². The van der Waals surface area contributed by atoms with Gasteiger partial charge >= 0.3 is 0 Å². The molecule has 4 heteroatoms. The second-order valence-electron chi connectivity index (χ2n) is 4.96. The number of fused-ring (bicyclic) bond motifs is 1. The molecule has 1 aromatic heterocycles. The Bertz CT molecular complexity index is 584. The molecule has 0 amide bonds. The van der Waals surface area contributed by atoms with Crippen LogP contribution in [0.4, 0.5) is 0 Å². The zero-order chi connectivity index (χ0) is 13.8. The summed E-state index contributed by atoms with van der Waals surface area (Å²) in [7, 11) is 4.14. The maximum atomic E-state index is 9.14. The molecular weight excluding hydrogens is 238 g/mol. The predicted molar refractivity (Wildman–Crippen MR) is 79.1 cm³/mol. The van der Waals surface area contributed by atoms with E-state index in [0.29, 0.717) is 0 Å². The molecule has 2 aromatic rings. The van der Waals surface area contributed by atoms with Gasteiger partial charge in [0.1, 0.15) is 0 Å². The summed E-state index contributed by atoms with van der Waals surface area (Å²) in [6.45, 7) is 3.91. The highest BCUT2D eigenvalue weighted by atomic mass is 16.4.